The molecule has 0 aromatic rings. The molecule has 6 atom stereocenters. The zero-order valence-corrected chi connectivity index (χ0v) is 66.2. The molecule has 0 rings (SSSR count). The van der Waals surface area contributed by atoms with Crippen LogP contribution < -0.4 is 0 Å². The van der Waals surface area contributed by atoms with Crippen LogP contribution in [0.2, 0.25) is 0 Å². The molecule has 0 aliphatic carbocycles. The average molecular weight is 1440 g/mol. The Labute approximate surface area is 600 Å². The predicted octanol–water partition coefficient (Wildman–Crippen LogP) is 23.2. The van der Waals surface area contributed by atoms with Crippen LogP contribution in [0.15, 0.2) is 0 Å². The summed E-state index contributed by atoms with van der Waals surface area (Å²) in [6.45, 7) is 14.2. The molecule has 0 bridgehead atoms. The fourth-order valence-corrected chi connectivity index (χ4v) is 13.6. The van der Waals surface area contributed by atoms with Crippen molar-refractivity contribution >= 4 is 39.5 Å². The normalized spacial score (nSPS) is 14.3. The molecule has 4 unspecified atom stereocenters. The summed E-state index contributed by atoms with van der Waals surface area (Å²) in [4.78, 5) is 72.9. The van der Waals surface area contributed by atoms with Crippen molar-refractivity contribution in [3.05, 3.63) is 0 Å². The van der Waals surface area contributed by atoms with Crippen molar-refractivity contribution in [3.63, 3.8) is 0 Å². The van der Waals surface area contributed by atoms with Crippen LogP contribution in [0.4, 0.5) is 0 Å². The summed E-state index contributed by atoms with van der Waals surface area (Å²) < 4.78 is 68.6. The molecule has 0 spiro atoms. The highest BCUT2D eigenvalue weighted by molar-refractivity contribution is 7.47. The first-order chi connectivity index (χ1) is 47.1. The molecule has 17 nitrogen and oxygen atoms in total. The van der Waals surface area contributed by atoms with Crippen molar-refractivity contribution in [2.45, 2.75) is 420 Å². The van der Waals surface area contributed by atoms with Gasteiger partial charge < -0.3 is 33.8 Å². The molecule has 98 heavy (non-hydrogen) atoms. The van der Waals surface area contributed by atoms with Crippen LogP contribution in [0.3, 0.4) is 0 Å². The minimum absolute atomic E-state index is 0.106. The number of hydrogen-bond donors (Lipinski definition) is 3. The lowest BCUT2D eigenvalue weighted by molar-refractivity contribution is -0.161. The van der Waals surface area contributed by atoms with Crippen molar-refractivity contribution in [2.75, 3.05) is 39.6 Å². The molecule has 582 valence electrons. The van der Waals surface area contributed by atoms with Crippen molar-refractivity contribution in [1.82, 2.24) is 0 Å². The summed E-state index contributed by atoms with van der Waals surface area (Å²) in [5.74, 6) is 0.961. The van der Waals surface area contributed by atoms with Gasteiger partial charge in [-0.2, -0.15) is 0 Å². The van der Waals surface area contributed by atoms with Gasteiger partial charge in [-0.05, 0) is 49.4 Å². The van der Waals surface area contributed by atoms with Crippen LogP contribution in [0.5, 0.6) is 0 Å². The number of esters is 4. The van der Waals surface area contributed by atoms with Gasteiger partial charge >= 0.3 is 39.5 Å². The molecule has 19 heteroatoms. The van der Waals surface area contributed by atoms with E-state index in [0.29, 0.717) is 31.6 Å². The molecule has 0 aliphatic heterocycles. The molecule has 0 aromatic carbocycles. The smallest absolute Gasteiger partial charge is 0.462 e. The van der Waals surface area contributed by atoms with E-state index in [2.05, 4.69) is 55.4 Å². The fourth-order valence-electron chi connectivity index (χ4n) is 12.0. The van der Waals surface area contributed by atoms with Gasteiger partial charge in [0.2, 0.25) is 0 Å². The standard InChI is InChI=1S/C79H154O17P2/c1-9-72(8)58-50-42-34-28-29-35-43-51-59-76(81)89-65-74(95-78(83)61-53-45-36-26-22-17-15-13-11-10-12-14-16-20-24-31-39-47-55-69(2)3)67-93-97(85,86)91-63-73(80)64-92-98(87,88)94-68-75(66-90-77(82)60-52-44-38-30-33-41-49-57-71(6)7)96-79(84)62-54-46-37-27-23-19-18-21-25-32-40-48-56-70(4)5/h69-75,80H,9-68H2,1-8H3,(H,85,86)(H,87,88)/t72?,73?,74-,75-/m1/s1. The zero-order chi connectivity index (χ0) is 72.4. The Hall–Kier alpha value is -1.94. The van der Waals surface area contributed by atoms with E-state index >= 15 is 0 Å². The Morgan fingerprint density at radius 1 is 0.286 bits per heavy atom. The number of rotatable bonds is 76. The van der Waals surface area contributed by atoms with Gasteiger partial charge in [-0.3, -0.25) is 37.3 Å². The number of aliphatic hydroxyl groups excluding tert-OH is 1. The summed E-state index contributed by atoms with van der Waals surface area (Å²) in [6.07, 6.45) is 54.2. The average Bonchev–Trinajstić information content (AvgIpc) is 0.975. The Morgan fingerprint density at radius 2 is 0.490 bits per heavy atom. The Balaban J connectivity index is 5.21. The summed E-state index contributed by atoms with van der Waals surface area (Å²) in [5, 5.41) is 10.6. The van der Waals surface area contributed by atoms with Gasteiger partial charge in [-0.25, -0.2) is 9.13 Å². The van der Waals surface area contributed by atoms with Crippen molar-refractivity contribution in [3.8, 4) is 0 Å². The van der Waals surface area contributed by atoms with Gasteiger partial charge in [0, 0.05) is 25.7 Å². The number of phosphoric acid groups is 2. The lowest BCUT2D eigenvalue weighted by Crippen LogP contribution is -2.30. The third-order valence-corrected chi connectivity index (χ3v) is 20.6. The van der Waals surface area contributed by atoms with Gasteiger partial charge in [0.25, 0.3) is 0 Å². The maximum absolute atomic E-state index is 13.1. The molecule has 3 N–H and O–H groups in total. The molecule has 0 aromatic heterocycles. The van der Waals surface area contributed by atoms with Gasteiger partial charge in [0.1, 0.15) is 19.3 Å². The molecule has 0 aliphatic rings. The number of phosphoric ester groups is 2. The van der Waals surface area contributed by atoms with Crippen LogP contribution in [0, 0.1) is 23.7 Å². The molecule has 0 fully saturated rings. The Kier molecular flexibility index (Phi) is 66.8. The monoisotopic (exact) mass is 1440 g/mol. The minimum Gasteiger partial charge on any atom is -0.462 e. The summed E-state index contributed by atoms with van der Waals surface area (Å²) in [7, 11) is -9.92. The van der Waals surface area contributed by atoms with Crippen molar-refractivity contribution in [2.24, 2.45) is 23.7 Å². The lowest BCUT2D eigenvalue weighted by atomic mass is 9.99. The maximum Gasteiger partial charge on any atom is 0.472 e. The van der Waals surface area contributed by atoms with Gasteiger partial charge in [0.05, 0.1) is 26.4 Å². The van der Waals surface area contributed by atoms with E-state index in [1.54, 1.807) is 0 Å². The zero-order valence-electron chi connectivity index (χ0n) is 64.4. The SMILES string of the molecule is CCC(C)CCCCCCCCCCC(=O)OC[C@H](COP(=O)(O)OCC(O)COP(=O)(O)OC[C@@H](COC(=O)CCCCCCCCCC(C)C)OC(=O)CCCCCCCCCCCCCCC(C)C)OC(=O)CCCCCCCCCCCCCCCCCCCCC(C)C. The summed E-state index contributed by atoms with van der Waals surface area (Å²) in [6, 6.07) is 0. The third kappa shape index (κ3) is 71.1. The van der Waals surface area contributed by atoms with Crippen LogP contribution in [-0.4, -0.2) is 96.7 Å². The Bertz CT molecular complexity index is 1920. The van der Waals surface area contributed by atoms with E-state index in [4.69, 9.17) is 37.0 Å². The van der Waals surface area contributed by atoms with E-state index in [9.17, 15) is 43.2 Å². The lowest BCUT2D eigenvalue weighted by Gasteiger charge is -2.21. The number of carbonyl (C=O) groups excluding carboxylic acids is 4. The molecular weight excluding hydrogens is 1280 g/mol. The van der Waals surface area contributed by atoms with Crippen molar-refractivity contribution in [1.29, 1.82) is 0 Å². The molecule has 0 amide bonds. The predicted molar refractivity (Wildman–Crippen MR) is 400 cm³/mol. The minimum atomic E-state index is -4.96. The van der Waals surface area contributed by atoms with E-state index < -0.39 is 97.5 Å². The first-order valence-electron chi connectivity index (χ1n) is 40.7. The van der Waals surface area contributed by atoms with Crippen LogP contribution in [0.25, 0.3) is 0 Å². The third-order valence-electron chi connectivity index (χ3n) is 18.7. The second-order valence-electron chi connectivity index (χ2n) is 30.1. The first-order valence-corrected chi connectivity index (χ1v) is 43.7. The van der Waals surface area contributed by atoms with E-state index in [1.165, 1.54) is 199 Å². The maximum atomic E-state index is 13.1. The topological polar surface area (TPSA) is 237 Å². The highest BCUT2D eigenvalue weighted by atomic mass is 31.2. The van der Waals surface area contributed by atoms with Crippen molar-refractivity contribution < 1.29 is 80.2 Å². The molecule has 0 saturated carbocycles. The molecule has 0 saturated heterocycles. The highest BCUT2D eigenvalue weighted by Gasteiger charge is 2.30. The highest BCUT2D eigenvalue weighted by Crippen LogP contribution is 2.45. The van der Waals surface area contributed by atoms with E-state index in [0.717, 1.165) is 114 Å². The van der Waals surface area contributed by atoms with Crippen LogP contribution in [0.1, 0.15) is 402 Å². The summed E-state index contributed by atoms with van der Waals surface area (Å²) in [5.41, 5.74) is 0. The van der Waals surface area contributed by atoms with Gasteiger partial charge in [-0.15, -0.1) is 0 Å². The van der Waals surface area contributed by atoms with E-state index in [-0.39, 0.29) is 25.7 Å². The van der Waals surface area contributed by atoms with E-state index in [1.807, 2.05) is 0 Å². The second kappa shape index (κ2) is 68.2. The van der Waals surface area contributed by atoms with Crippen LogP contribution in [-0.2, 0) is 65.4 Å². The number of ether oxygens (including phenoxy) is 4. The molecule has 0 heterocycles. The summed E-state index contributed by atoms with van der Waals surface area (Å²) >= 11 is 0. The number of aliphatic hydroxyl groups is 1. The number of hydrogen-bond acceptors (Lipinski definition) is 15. The Morgan fingerprint density at radius 3 is 0.724 bits per heavy atom. The molecular formula is C79H154O17P2. The second-order valence-corrected chi connectivity index (χ2v) is 33.0. The quantitative estimate of drug-likeness (QED) is 0.0222. The largest absolute Gasteiger partial charge is 0.472 e. The fraction of sp³-hybridized carbons (Fsp3) is 0.949. The van der Waals surface area contributed by atoms with Crippen LogP contribution >= 0.6 is 15.6 Å². The van der Waals surface area contributed by atoms with Gasteiger partial charge in [-0.1, -0.05) is 351 Å². The molecule has 0 radical (unpaired) electrons. The number of unbranched alkanes of at least 4 members (excludes halogenated alkanes) is 41. The van der Waals surface area contributed by atoms with Gasteiger partial charge in [0.15, 0.2) is 12.2 Å². The first kappa shape index (κ1) is 96.1. The number of carbonyl (C=O) groups is 4.